The lowest BCUT2D eigenvalue weighted by molar-refractivity contribution is 0.194. The van der Waals surface area contributed by atoms with Gasteiger partial charge in [-0.2, -0.15) is 5.10 Å². The lowest BCUT2D eigenvalue weighted by atomic mass is 10.1. The van der Waals surface area contributed by atoms with Crippen LogP contribution in [0.4, 0.5) is 0 Å². The summed E-state index contributed by atoms with van der Waals surface area (Å²) < 4.78 is 6.95. The topological polar surface area (TPSA) is 66.0 Å². The Balaban J connectivity index is 1.96. The Kier molecular flexibility index (Phi) is 3.33. The quantitative estimate of drug-likeness (QED) is 0.717. The van der Waals surface area contributed by atoms with Crippen molar-refractivity contribution in [1.82, 2.24) is 14.8 Å². The largest absolute Gasteiger partial charge is 0.385 e. The lowest BCUT2D eigenvalue weighted by Gasteiger charge is -2.17. The highest BCUT2D eigenvalue weighted by Crippen LogP contribution is 2.12. The first-order valence-corrected chi connectivity index (χ1v) is 5.46. The predicted molar refractivity (Wildman–Crippen MR) is 56.5 cm³/mol. The third-order valence-electron chi connectivity index (χ3n) is 2.69. The number of hydrogen-bond donors (Lipinski definition) is 1. The van der Waals surface area contributed by atoms with Crippen LogP contribution in [0.3, 0.4) is 0 Å². The summed E-state index contributed by atoms with van der Waals surface area (Å²) in [5.74, 6) is 2.01. The molecule has 0 amide bonds. The van der Waals surface area contributed by atoms with Crippen molar-refractivity contribution in [2.45, 2.75) is 38.3 Å². The van der Waals surface area contributed by atoms with Gasteiger partial charge >= 0.3 is 0 Å². The fourth-order valence-corrected chi connectivity index (χ4v) is 1.87. The van der Waals surface area contributed by atoms with Gasteiger partial charge in [-0.3, -0.25) is 0 Å². The van der Waals surface area contributed by atoms with Crippen molar-refractivity contribution in [3.8, 4) is 0 Å². The molecule has 0 fully saturated rings. The SMILES string of the molecule is COCCCc1nc2n(n1)CC(N)CC2. The molecule has 5 heteroatoms. The molecule has 2 heterocycles. The van der Waals surface area contributed by atoms with E-state index in [9.17, 15) is 0 Å². The third kappa shape index (κ3) is 2.54. The number of nitrogens with zero attached hydrogens (tertiary/aromatic N) is 3. The maximum atomic E-state index is 5.87. The minimum Gasteiger partial charge on any atom is -0.385 e. The molecule has 1 atom stereocenters. The van der Waals surface area contributed by atoms with Gasteiger partial charge in [0.05, 0.1) is 6.54 Å². The highest BCUT2D eigenvalue weighted by Gasteiger charge is 2.18. The summed E-state index contributed by atoms with van der Waals surface area (Å²) in [7, 11) is 1.71. The highest BCUT2D eigenvalue weighted by atomic mass is 16.5. The van der Waals surface area contributed by atoms with Gasteiger partial charge in [0.2, 0.25) is 0 Å². The Morgan fingerprint density at radius 1 is 1.60 bits per heavy atom. The second-order valence-electron chi connectivity index (χ2n) is 4.02. The molecule has 5 nitrogen and oxygen atoms in total. The van der Waals surface area contributed by atoms with Gasteiger partial charge in [-0.25, -0.2) is 9.67 Å². The van der Waals surface area contributed by atoms with E-state index in [2.05, 4.69) is 10.1 Å². The second kappa shape index (κ2) is 4.72. The van der Waals surface area contributed by atoms with Crippen LogP contribution in [-0.2, 0) is 24.1 Å². The monoisotopic (exact) mass is 210 g/mol. The molecule has 0 aliphatic carbocycles. The van der Waals surface area contributed by atoms with Crippen LogP contribution in [0.5, 0.6) is 0 Å². The van der Waals surface area contributed by atoms with E-state index in [0.29, 0.717) is 0 Å². The van der Waals surface area contributed by atoms with Crippen LogP contribution in [0.2, 0.25) is 0 Å². The number of aryl methyl sites for hydroxylation is 2. The Morgan fingerprint density at radius 3 is 3.27 bits per heavy atom. The molecule has 84 valence electrons. The standard InChI is InChI=1S/C10H18N4O/c1-15-6-2-3-9-12-10-5-4-8(11)7-14(10)13-9/h8H,2-7,11H2,1H3. The molecule has 1 aromatic rings. The van der Waals surface area contributed by atoms with Crippen molar-refractivity contribution in [3.05, 3.63) is 11.6 Å². The summed E-state index contributed by atoms with van der Waals surface area (Å²) in [6.07, 6.45) is 3.85. The summed E-state index contributed by atoms with van der Waals surface area (Å²) in [5, 5.41) is 4.44. The van der Waals surface area contributed by atoms with Crippen LogP contribution < -0.4 is 5.73 Å². The lowest BCUT2D eigenvalue weighted by Crippen LogP contribution is -2.32. The normalized spacial score (nSPS) is 20.3. The second-order valence-corrected chi connectivity index (χ2v) is 4.02. The van der Waals surface area contributed by atoms with Gasteiger partial charge < -0.3 is 10.5 Å². The van der Waals surface area contributed by atoms with E-state index in [1.54, 1.807) is 7.11 Å². The van der Waals surface area contributed by atoms with Crippen LogP contribution in [0, 0.1) is 0 Å². The summed E-state index contributed by atoms with van der Waals surface area (Å²) in [4.78, 5) is 4.50. The van der Waals surface area contributed by atoms with E-state index in [4.69, 9.17) is 10.5 Å². The van der Waals surface area contributed by atoms with Crippen molar-refractivity contribution in [1.29, 1.82) is 0 Å². The van der Waals surface area contributed by atoms with Crippen LogP contribution >= 0.6 is 0 Å². The average Bonchev–Trinajstić information content (AvgIpc) is 2.60. The van der Waals surface area contributed by atoms with Crippen molar-refractivity contribution in [3.63, 3.8) is 0 Å². The predicted octanol–water partition coefficient (Wildman–Crippen LogP) is 0.131. The van der Waals surface area contributed by atoms with Gasteiger partial charge in [-0.1, -0.05) is 0 Å². The van der Waals surface area contributed by atoms with Crippen LogP contribution in [0.25, 0.3) is 0 Å². The van der Waals surface area contributed by atoms with Crippen molar-refractivity contribution < 1.29 is 4.74 Å². The minimum absolute atomic E-state index is 0.242. The van der Waals surface area contributed by atoms with Crippen molar-refractivity contribution >= 4 is 0 Å². The molecule has 2 rings (SSSR count). The first-order valence-electron chi connectivity index (χ1n) is 5.46. The zero-order valence-electron chi connectivity index (χ0n) is 9.15. The number of aromatic nitrogens is 3. The average molecular weight is 210 g/mol. The van der Waals surface area contributed by atoms with Crippen LogP contribution in [0.15, 0.2) is 0 Å². The van der Waals surface area contributed by atoms with Gasteiger partial charge in [-0.15, -0.1) is 0 Å². The molecular weight excluding hydrogens is 192 g/mol. The van der Waals surface area contributed by atoms with Crippen molar-refractivity contribution in [2.75, 3.05) is 13.7 Å². The Bertz CT molecular complexity index is 323. The highest BCUT2D eigenvalue weighted by molar-refractivity contribution is 4.97. The number of methoxy groups -OCH3 is 1. The Labute approximate surface area is 89.6 Å². The molecule has 0 saturated heterocycles. The molecule has 1 aliphatic heterocycles. The zero-order valence-corrected chi connectivity index (χ0v) is 9.15. The van der Waals surface area contributed by atoms with E-state index < -0.39 is 0 Å². The Hall–Kier alpha value is -0.940. The van der Waals surface area contributed by atoms with Gasteiger partial charge in [0.15, 0.2) is 5.82 Å². The number of fused-ring (bicyclic) bond motifs is 1. The Morgan fingerprint density at radius 2 is 2.47 bits per heavy atom. The minimum atomic E-state index is 0.242. The molecule has 1 aromatic heterocycles. The first kappa shape index (κ1) is 10.6. The molecule has 1 unspecified atom stereocenters. The molecule has 2 N–H and O–H groups in total. The molecule has 0 spiro atoms. The summed E-state index contributed by atoms with van der Waals surface area (Å²) in [6, 6.07) is 0.242. The van der Waals surface area contributed by atoms with Crippen molar-refractivity contribution in [2.24, 2.45) is 5.73 Å². The first-order chi connectivity index (χ1) is 7.29. The zero-order chi connectivity index (χ0) is 10.7. The molecular formula is C10H18N4O. The summed E-state index contributed by atoms with van der Waals surface area (Å²) >= 11 is 0. The van der Waals surface area contributed by atoms with Gasteiger partial charge in [0, 0.05) is 32.6 Å². The molecule has 0 saturated carbocycles. The molecule has 0 radical (unpaired) electrons. The number of nitrogens with two attached hydrogens (primary N) is 1. The molecule has 15 heavy (non-hydrogen) atoms. The maximum Gasteiger partial charge on any atom is 0.151 e. The van der Waals surface area contributed by atoms with E-state index >= 15 is 0 Å². The van der Waals surface area contributed by atoms with Crippen LogP contribution in [-0.4, -0.2) is 34.5 Å². The number of rotatable bonds is 4. The van der Waals surface area contributed by atoms with Gasteiger partial charge in [-0.05, 0) is 12.8 Å². The molecule has 0 bridgehead atoms. The molecule has 0 aromatic carbocycles. The number of ether oxygens (including phenoxy) is 1. The van der Waals surface area contributed by atoms with Gasteiger partial charge in [0.1, 0.15) is 5.82 Å². The van der Waals surface area contributed by atoms with Crippen LogP contribution in [0.1, 0.15) is 24.5 Å². The fraction of sp³-hybridized carbons (Fsp3) is 0.800. The van der Waals surface area contributed by atoms with E-state index in [1.807, 2.05) is 4.68 Å². The van der Waals surface area contributed by atoms with E-state index in [0.717, 1.165) is 50.5 Å². The maximum absolute atomic E-state index is 5.87. The van der Waals surface area contributed by atoms with E-state index in [1.165, 1.54) is 0 Å². The number of hydrogen-bond acceptors (Lipinski definition) is 4. The summed E-state index contributed by atoms with van der Waals surface area (Å²) in [6.45, 7) is 1.58. The van der Waals surface area contributed by atoms with E-state index in [-0.39, 0.29) is 6.04 Å². The molecule has 1 aliphatic rings. The fourth-order valence-electron chi connectivity index (χ4n) is 1.87. The third-order valence-corrected chi connectivity index (χ3v) is 2.69. The van der Waals surface area contributed by atoms with Gasteiger partial charge in [0.25, 0.3) is 0 Å². The summed E-state index contributed by atoms with van der Waals surface area (Å²) in [5.41, 5.74) is 5.87. The smallest absolute Gasteiger partial charge is 0.151 e.